The number of Topliss-reactive ketones (excluding diaryl/α,β-unsaturated/α-hetero) is 2. The molecule has 0 aliphatic carbocycles. The third-order valence-corrected chi connectivity index (χ3v) is 4.85. The van der Waals surface area contributed by atoms with E-state index in [9.17, 15) is 9.59 Å². The van der Waals surface area contributed by atoms with Crippen LogP contribution in [0, 0.1) is 0 Å². The molecule has 126 valence electrons. The van der Waals surface area contributed by atoms with Gasteiger partial charge in [0, 0.05) is 12.3 Å². The second-order valence-corrected chi connectivity index (χ2v) is 6.51. The van der Waals surface area contributed by atoms with Gasteiger partial charge >= 0.3 is 0 Å². The van der Waals surface area contributed by atoms with Crippen molar-refractivity contribution in [1.29, 1.82) is 0 Å². The number of carbonyl (C=O) groups is 2. The van der Waals surface area contributed by atoms with E-state index in [1.165, 1.54) is 0 Å². The molecule has 0 amide bonds. The van der Waals surface area contributed by atoms with Crippen molar-refractivity contribution in [3.05, 3.63) is 71.8 Å². The lowest BCUT2D eigenvalue weighted by molar-refractivity contribution is -0.135. The first-order valence-electron chi connectivity index (χ1n) is 8.69. The van der Waals surface area contributed by atoms with E-state index in [1.807, 2.05) is 67.6 Å². The summed E-state index contributed by atoms with van der Waals surface area (Å²) < 4.78 is 0. The standard InChI is InChI=1S/C22H26O2/c1-4-5-16-20(23)22(3,19-14-10-7-11-15-19)21(24)17(2)18-12-8-6-9-13-18/h6-15,17H,4-5,16H2,1-3H3. The van der Waals surface area contributed by atoms with Crippen molar-refractivity contribution in [1.82, 2.24) is 0 Å². The van der Waals surface area contributed by atoms with E-state index in [0.29, 0.717) is 6.42 Å². The number of carbonyl (C=O) groups excluding carboxylic acids is 2. The van der Waals surface area contributed by atoms with E-state index in [1.54, 1.807) is 6.92 Å². The summed E-state index contributed by atoms with van der Waals surface area (Å²) in [6.07, 6.45) is 2.20. The first-order chi connectivity index (χ1) is 11.5. The molecule has 2 aromatic rings. The Labute approximate surface area is 144 Å². The number of rotatable bonds is 8. The highest BCUT2D eigenvalue weighted by Crippen LogP contribution is 2.34. The van der Waals surface area contributed by atoms with Gasteiger partial charge in [0.1, 0.15) is 5.41 Å². The predicted molar refractivity (Wildman–Crippen MR) is 98.2 cm³/mol. The average molecular weight is 322 g/mol. The van der Waals surface area contributed by atoms with Crippen LogP contribution in [0.3, 0.4) is 0 Å². The summed E-state index contributed by atoms with van der Waals surface area (Å²) in [6.45, 7) is 5.75. The molecular weight excluding hydrogens is 296 g/mol. The van der Waals surface area contributed by atoms with Crippen LogP contribution in [0.2, 0.25) is 0 Å². The molecule has 0 radical (unpaired) electrons. The quantitative estimate of drug-likeness (QED) is 0.635. The number of hydrogen-bond donors (Lipinski definition) is 0. The van der Waals surface area contributed by atoms with Gasteiger partial charge in [-0.25, -0.2) is 0 Å². The number of benzene rings is 2. The van der Waals surface area contributed by atoms with Crippen LogP contribution in [0.15, 0.2) is 60.7 Å². The third-order valence-electron chi connectivity index (χ3n) is 4.85. The van der Waals surface area contributed by atoms with E-state index in [2.05, 4.69) is 6.92 Å². The Balaban J connectivity index is 2.42. The predicted octanol–water partition coefficient (Wildman–Crippen LogP) is 5.08. The fourth-order valence-electron chi connectivity index (χ4n) is 3.13. The summed E-state index contributed by atoms with van der Waals surface area (Å²) >= 11 is 0. The maximum Gasteiger partial charge on any atom is 0.157 e. The third kappa shape index (κ3) is 3.64. The minimum atomic E-state index is -1.09. The van der Waals surface area contributed by atoms with Gasteiger partial charge in [-0.05, 0) is 24.5 Å². The van der Waals surface area contributed by atoms with E-state index < -0.39 is 5.41 Å². The zero-order valence-corrected chi connectivity index (χ0v) is 14.8. The summed E-state index contributed by atoms with van der Waals surface area (Å²) in [5.41, 5.74) is 0.651. The van der Waals surface area contributed by atoms with Gasteiger partial charge < -0.3 is 0 Å². The van der Waals surface area contributed by atoms with Crippen LogP contribution < -0.4 is 0 Å². The molecule has 0 aliphatic heterocycles. The van der Waals surface area contributed by atoms with Gasteiger partial charge in [0.25, 0.3) is 0 Å². The zero-order valence-electron chi connectivity index (χ0n) is 14.8. The molecule has 2 heteroatoms. The molecule has 2 rings (SSSR count). The van der Waals surface area contributed by atoms with Gasteiger partial charge in [-0.1, -0.05) is 80.9 Å². The molecule has 0 saturated carbocycles. The molecule has 0 aliphatic rings. The van der Waals surface area contributed by atoms with Crippen molar-refractivity contribution in [2.75, 3.05) is 0 Å². The molecule has 0 fully saturated rings. The number of ketones is 2. The molecule has 0 bridgehead atoms. The highest BCUT2D eigenvalue weighted by molar-refractivity contribution is 6.14. The molecule has 24 heavy (non-hydrogen) atoms. The molecule has 0 N–H and O–H groups in total. The maximum absolute atomic E-state index is 13.3. The monoisotopic (exact) mass is 322 g/mol. The Hall–Kier alpha value is -2.22. The lowest BCUT2D eigenvalue weighted by atomic mass is 9.69. The normalized spacial score (nSPS) is 14.6. The second kappa shape index (κ2) is 8.05. The Kier molecular flexibility index (Phi) is 6.08. The summed E-state index contributed by atoms with van der Waals surface area (Å²) in [5, 5.41) is 0. The molecule has 0 spiro atoms. The van der Waals surface area contributed by atoms with E-state index >= 15 is 0 Å². The minimum absolute atomic E-state index is 0.0170. The Morgan fingerprint density at radius 3 is 2.04 bits per heavy atom. The van der Waals surface area contributed by atoms with Crippen LogP contribution in [0.1, 0.15) is 57.1 Å². The van der Waals surface area contributed by atoms with Crippen LogP contribution in [0.4, 0.5) is 0 Å². The van der Waals surface area contributed by atoms with Gasteiger partial charge in [-0.3, -0.25) is 9.59 Å². The van der Waals surface area contributed by atoms with Crippen LogP contribution >= 0.6 is 0 Å². The number of unbranched alkanes of at least 4 members (excludes halogenated alkanes) is 1. The van der Waals surface area contributed by atoms with Crippen molar-refractivity contribution in [3.8, 4) is 0 Å². The maximum atomic E-state index is 13.3. The van der Waals surface area contributed by atoms with Crippen molar-refractivity contribution < 1.29 is 9.59 Å². The second-order valence-electron chi connectivity index (χ2n) is 6.51. The SMILES string of the molecule is CCCCC(=O)C(C)(C(=O)C(C)c1ccccc1)c1ccccc1. The summed E-state index contributed by atoms with van der Waals surface area (Å²) in [6, 6.07) is 19.2. The molecule has 2 aromatic carbocycles. The molecule has 0 aromatic heterocycles. The highest BCUT2D eigenvalue weighted by Gasteiger charge is 2.43. The molecule has 2 atom stereocenters. The smallest absolute Gasteiger partial charge is 0.157 e. The molecule has 2 nitrogen and oxygen atoms in total. The van der Waals surface area contributed by atoms with E-state index in [0.717, 1.165) is 24.0 Å². The molecular formula is C22H26O2. The van der Waals surface area contributed by atoms with Gasteiger partial charge in [0.15, 0.2) is 11.6 Å². The lowest BCUT2D eigenvalue weighted by Crippen LogP contribution is -2.43. The Morgan fingerprint density at radius 2 is 1.50 bits per heavy atom. The Morgan fingerprint density at radius 1 is 0.958 bits per heavy atom. The Bertz CT molecular complexity index is 676. The highest BCUT2D eigenvalue weighted by atomic mass is 16.2. The summed E-state index contributed by atoms with van der Waals surface area (Å²) in [7, 11) is 0. The van der Waals surface area contributed by atoms with E-state index in [4.69, 9.17) is 0 Å². The fraction of sp³-hybridized carbons (Fsp3) is 0.364. The van der Waals surface area contributed by atoms with Crippen molar-refractivity contribution in [3.63, 3.8) is 0 Å². The first-order valence-corrected chi connectivity index (χ1v) is 8.69. The van der Waals surface area contributed by atoms with Crippen molar-refractivity contribution in [2.45, 2.75) is 51.4 Å². The van der Waals surface area contributed by atoms with Gasteiger partial charge in [0.05, 0.1) is 0 Å². The average Bonchev–Trinajstić information content (AvgIpc) is 2.65. The summed E-state index contributed by atoms with van der Waals surface area (Å²) in [4.78, 5) is 26.3. The first kappa shape index (κ1) is 18.1. The number of hydrogen-bond acceptors (Lipinski definition) is 2. The zero-order chi connectivity index (χ0) is 17.6. The largest absolute Gasteiger partial charge is 0.298 e. The lowest BCUT2D eigenvalue weighted by Gasteiger charge is -2.30. The van der Waals surface area contributed by atoms with Crippen LogP contribution in [-0.4, -0.2) is 11.6 Å². The molecule has 0 heterocycles. The van der Waals surface area contributed by atoms with Crippen molar-refractivity contribution >= 4 is 11.6 Å². The van der Waals surface area contributed by atoms with Gasteiger partial charge in [-0.2, -0.15) is 0 Å². The van der Waals surface area contributed by atoms with Crippen molar-refractivity contribution in [2.24, 2.45) is 0 Å². The fourth-order valence-corrected chi connectivity index (χ4v) is 3.13. The van der Waals surface area contributed by atoms with Gasteiger partial charge in [-0.15, -0.1) is 0 Å². The molecule has 0 saturated heterocycles. The summed E-state index contributed by atoms with van der Waals surface area (Å²) in [5.74, 6) is -0.327. The van der Waals surface area contributed by atoms with E-state index in [-0.39, 0.29) is 17.5 Å². The van der Waals surface area contributed by atoms with Gasteiger partial charge in [0.2, 0.25) is 0 Å². The minimum Gasteiger partial charge on any atom is -0.298 e. The topological polar surface area (TPSA) is 34.1 Å². The molecule has 2 unspecified atom stereocenters. The van der Waals surface area contributed by atoms with Crippen LogP contribution in [0.25, 0.3) is 0 Å². The van der Waals surface area contributed by atoms with Crippen LogP contribution in [0.5, 0.6) is 0 Å². The van der Waals surface area contributed by atoms with Crippen LogP contribution in [-0.2, 0) is 15.0 Å².